The third kappa shape index (κ3) is 3.99. The van der Waals surface area contributed by atoms with Crippen molar-refractivity contribution in [3.63, 3.8) is 0 Å². The zero-order chi connectivity index (χ0) is 15.2. The molecule has 0 aliphatic carbocycles. The second kappa shape index (κ2) is 6.79. The lowest BCUT2D eigenvalue weighted by Crippen LogP contribution is -2.04. The van der Waals surface area contributed by atoms with E-state index >= 15 is 0 Å². The molecule has 0 saturated heterocycles. The minimum absolute atomic E-state index is 0.287. The summed E-state index contributed by atoms with van der Waals surface area (Å²) in [6, 6.07) is 12.9. The van der Waals surface area contributed by atoms with Crippen LogP contribution < -0.4 is 10.1 Å². The summed E-state index contributed by atoms with van der Waals surface area (Å²) < 4.78 is 5.40. The molecule has 0 spiro atoms. The molecular weight excluding hydrogens is 266 g/mol. The van der Waals surface area contributed by atoms with Crippen LogP contribution in [0.5, 0.6) is 5.75 Å². The number of benzene rings is 2. The summed E-state index contributed by atoms with van der Waals surface area (Å²) in [6.07, 6.45) is 0. The molecule has 2 aromatic carbocycles. The predicted molar refractivity (Wildman–Crippen MR) is 83.1 cm³/mol. The number of carboxylic acid groups (broad SMARTS) is 1. The van der Waals surface area contributed by atoms with Crippen LogP contribution >= 0.6 is 0 Å². The van der Waals surface area contributed by atoms with Gasteiger partial charge in [0, 0.05) is 12.2 Å². The van der Waals surface area contributed by atoms with Gasteiger partial charge in [0.1, 0.15) is 5.75 Å². The molecule has 2 N–H and O–H groups in total. The summed E-state index contributed by atoms with van der Waals surface area (Å²) in [5.41, 5.74) is 3.25. The Labute approximate surface area is 124 Å². The van der Waals surface area contributed by atoms with E-state index in [1.165, 1.54) is 0 Å². The van der Waals surface area contributed by atoms with Crippen LogP contribution in [0.25, 0.3) is 0 Å². The molecule has 2 rings (SSSR count). The van der Waals surface area contributed by atoms with Crippen molar-refractivity contribution in [2.24, 2.45) is 0 Å². The fraction of sp³-hybridized carbons (Fsp3) is 0.235. The van der Waals surface area contributed by atoms with E-state index in [4.69, 9.17) is 9.84 Å². The SMILES string of the molecule is CCOc1ccc(CNc2cc(C(=O)O)ccc2C)cc1. The quantitative estimate of drug-likeness (QED) is 0.849. The van der Waals surface area contributed by atoms with Crippen LogP contribution in [0.3, 0.4) is 0 Å². The van der Waals surface area contributed by atoms with Crippen LogP contribution in [0.1, 0.15) is 28.4 Å². The van der Waals surface area contributed by atoms with Crippen molar-refractivity contribution in [1.29, 1.82) is 0 Å². The van der Waals surface area contributed by atoms with Crippen molar-refractivity contribution in [3.8, 4) is 5.75 Å². The Balaban J connectivity index is 2.05. The Morgan fingerprint density at radius 1 is 1.19 bits per heavy atom. The molecule has 0 fully saturated rings. The van der Waals surface area contributed by atoms with Crippen molar-refractivity contribution in [2.45, 2.75) is 20.4 Å². The maximum Gasteiger partial charge on any atom is 0.335 e. The third-order valence-corrected chi connectivity index (χ3v) is 3.20. The lowest BCUT2D eigenvalue weighted by atomic mass is 10.1. The average molecular weight is 285 g/mol. The number of hydrogen-bond donors (Lipinski definition) is 2. The number of carboxylic acids is 1. The first-order valence-corrected chi connectivity index (χ1v) is 6.89. The summed E-state index contributed by atoms with van der Waals surface area (Å²) in [6.45, 7) is 5.19. The predicted octanol–water partition coefficient (Wildman–Crippen LogP) is 3.70. The van der Waals surface area contributed by atoms with Crippen LogP contribution in [0.2, 0.25) is 0 Å². The highest BCUT2D eigenvalue weighted by Crippen LogP contribution is 2.19. The summed E-state index contributed by atoms with van der Waals surface area (Å²) in [5.74, 6) is -0.0653. The first-order chi connectivity index (χ1) is 10.1. The molecule has 0 amide bonds. The summed E-state index contributed by atoms with van der Waals surface area (Å²) in [7, 11) is 0. The van der Waals surface area contributed by atoms with E-state index in [1.807, 2.05) is 44.2 Å². The molecule has 0 aliphatic heterocycles. The minimum Gasteiger partial charge on any atom is -0.494 e. The van der Waals surface area contributed by atoms with E-state index in [0.29, 0.717) is 13.2 Å². The third-order valence-electron chi connectivity index (χ3n) is 3.20. The number of aryl methyl sites for hydroxylation is 1. The second-order valence-electron chi connectivity index (χ2n) is 4.77. The molecule has 0 aromatic heterocycles. The number of carbonyl (C=O) groups is 1. The van der Waals surface area contributed by atoms with E-state index in [-0.39, 0.29) is 5.56 Å². The van der Waals surface area contributed by atoms with Crippen LogP contribution in [-0.2, 0) is 6.54 Å². The molecule has 2 aromatic rings. The second-order valence-corrected chi connectivity index (χ2v) is 4.77. The molecule has 4 heteroatoms. The van der Waals surface area contributed by atoms with Gasteiger partial charge in [-0.1, -0.05) is 18.2 Å². The van der Waals surface area contributed by atoms with Gasteiger partial charge in [0.05, 0.1) is 12.2 Å². The lowest BCUT2D eigenvalue weighted by Gasteiger charge is -2.11. The Kier molecular flexibility index (Phi) is 4.82. The van der Waals surface area contributed by atoms with E-state index in [9.17, 15) is 4.79 Å². The van der Waals surface area contributed by atoms with Gasteiger partial charge in [-0.25, -0.2) is 4.79 Å². The van der Waals surface area contributed by atoms with Crippen LogP contribution in [0.4, 0.5) is 5.69 Å². The molecule has 0 unspecified atom stereocenters. The van der Waals surface area contributed by atoms with Gasteiger partial charge in [0.25, 0.3) is 0 Å². The zero-order valence-corrected chi connectivity index (χ0v) is 12.2. The summed E-state index contributed by atoms with van der Waals surface area (Å²) in [5, 5.41) is 12.3. The summed E-state index contributed by atoms with van der Waals surface area (Å²) >= 11 is 0. The zero-order valence-electron chi connectivity index (χ0n) is 12.2. The van der Waals surface area contributed by atoms with Gasteiger partial charge in [0.2, 0.25) is 0 Å². The number of anilines is 1. The number of nitrogens with one attached hydrogen (secondary N) is 1. The van der Waals surface area contributed by atoms with Crippen LogP contribution in [0, 0.1) is 6.92 Å². The molecule has 0 radical (unpaired) electrons. The van der Waals surface area contributed by atoms with Crippen molar-refractivity contribution in [2.75, 3.05) is 11.9 Å². The molecular formula is C17H19NO3. The summed E-state index contributed by atoms with van der Waals surface area (Å²) in [4.78, 5) is 11.0. The highest BCUT2D eigenvalue weighted by Gasteiger charge is 2.06. The maximum absolute atomic E-state index is 11.0. The van der Waals surface area contributed by atoms with Gasteiger partial charge >= 0.3 is 5.97 Å². The van der Waals surface area contributed by atoms with Crippen molar-refractivity contribution < 1.29 is 14.6 Å². The van der Waals surface area contributed by atoms with Crippen molar-refractivity contribution in [1.82, 2.24) is 0 Å². The van der Waals surface area contributed by atoms with Gasteiger partial charge in [-0.05, 0) is 49.2 Å². The first-order valence-electron chi connectivity index (χ1n) is 6.89. The minimum atomic E-state index is -0.917. The fourth-order valence-electron chi connectivity index (χ4n) is 2.01. The number of aromatic carboxylic acids is 1. The number of rotatable bonds is 6. The molecule has 0 bridgehead atoms. The number of hydrogen-bond acceptors (Lipinski definition) is 3. The van der Waals surface area contributed by atoms with E-state index in [0.717, 1.165) is 22.6 Å². The lowest BCUT2D eigenvalue weighted by molar-refractivity contribution is 0.0697. The molecule has 4 nitrogen and oxygen atoms in total. The molecule has 0 heterocycles. The van der Waals surface area contributed by atoms with Crippen molar-refractivity contribution in [3.05, 3.63) is 59.2 Å². The molecule has 0 atom stereocenters. The van der Waals surface area contributed by atoms with Gasteiger partial charge in [0.15, 0.2) is 0 Å². The van der Waals surface area contributed by atoms with Gasteiger partial charge in [-0.3, -0.25) is 0 Å². The van der Waals surface area contributed by atoms with Crippen molar-refractivity contribution >= 4 is 11.7 Å². The normalized spacial score (nSPS) is 10.2. The topological polar surface area (TPSA) is 58.6 Å². The number of ether oxygens (including phenoxy) is 1. The first kappa shape index (κ1) is 14.9. The molecule has 0 saturated carbocycles. The van der Waals surface area contributed by atoms with E-state index < -0.39 is 5.97 Å². The van der Waals surface area contributed by atoms with Crippen LogP contribution in [0.15, 0.2) is 42.5 Å². The Bertz CT molecular complexity index is 620. The monoisotopic (exact) mass is 285 g/mol. The largest absolute Gasteiger partial charge is 0.494 e. The van der Waals surface area contributed by atoms with E-state index in [2.05, 4.69) is 5.32 Å². The molecule has 21 heavy (non-hydrogen) atoms. The smallest absolute Gasteiger partial charge is 0.335 e. The maximum atomic E-state index is 11.0. The van der Waals surface area contributed by atoms with Gasteiger partial charge < -0.3 is 15.2 Å². The Hall–Kier alpha value is -2.49. The fourth-order valence-corrected chi connectivity index (χ4v) is 2.01. The van der Waals surface area contributed by atoms with Gasteiger partial charge in [-0.2, -0.15) is 0 Å². The van der Waals surface area contributed by atoms with Gasteiger partial charge in [-0.15, -0.1) is 0 Å². The van der Waals surface area contributed by atoms with E-state index in [1.54, 1.807) is 12.1 Å². The highest BCUT2D eigenvalue weighted by molar-refractivity contribution is 5.89. The Morgan fingerprint density at radius 2 is 1.90 bits per heavy atom. The highest BCUT2D eigenvalue weighted by atomic mass is 16.5. The standard InChI is InChI=1S/C17H19NO3/c1-3-21-15-8-5-13(6-9-15)11-18-16-10-14(17(19)20)7-4-12(16)2/h4-10,18H,3,11H2,1-2H3,(H,19,20). The molecule has 110 valence electrons. The average Bonchev–Trinajstić information content (AvgIpc) is 2.48. The molecule has 0 aliphatic rings. The van der Waals surface area contributed by atoms with Crippen LogP contribution in [-0.4, -0.2) is 17.7 Å². The Morgan fingerprint density at radius 3 is 2.52 bits per heavy atom.